The Morgan fingerprint density at radius 3 is 1.83 bits per heavy atom. The summed E-state index contributed by atoms with van der Waals surface area (Å²) in [5, 5.41) is 6.29. The lowest BCUT2D eigenvalue weighted by atomic mass is 10.0. The van der Waals surface area contributed by atoms with Gasteiger partial charge in [0, 0.05) is 53.3 Å². The fraction of sp³-hybridized carbons (Fsp3) is 0. The Morgan fingerprint density at radius 2 is 1.06 bits per heavy atom. The molecule has 4 nitrogen and oxygen atoms in total. The van der Waals surface area contributed by atoms with E-state index in [1.165, 1.54) is 11.3 Å². The summed E-state index contributed by atoms with van der Waals surface area (Å²) in [4.78, 5) is 15.5. The maximum atomic E-state index is 8.90. The largest absolute Gasteiger partial charge is 0.309 e. The zero-order chi connectivity index (χ0) is 39.9. The molecule has 3 aromatic heterocycles. The lowest BCUT2D eigenvalue weighted by Gasteiger charge is -2.13. The van der Waals surface area contributed by atoms with Gasteiger partial charge in [0.1, 0.15) is 0 Å². The maximum absolute atomic E-state index is 8.90. The number of rotatable bonds is 5. The van der Waals surface area contributed by atoms with Crippen LogP contribution in [0.25, 0.3) is 104 Å². The van der Waals surface area contributed by atoms with Gasteiger partial charge in [-0.1, -0.05) is 152 Å². The van der Waals surface area contributed by atoms with Gasteiger partial charge in [-0.3, -0.25) is 0 Å². The number of nitrogens with zero attached hydrogens (tertiary/aromatic N) is 4. The van der Waals surface area contributed by atoms with Gasteiger partial charge in [0.05, 0.1) is 17.9 Å². The Hall–Kier alpha value is -6.95. The highest BCUT2D eigenvalue weighted by Gasteiger charge is 2.21. The third-order valence-corrected chi connectivity index (χ3v) is 11.4. The van der Waals surface area contributed by atoms with Crippen LogP contribution < -0.4 is 0 Å². The SMILES string of the molecule is [2H]c1c([2H])c([2H])c(-c2cccc3c2sc2c(-c4nc(-c5ccccc5)nc(-c5ccc6ccccc6c5)n4)cc(-n4c5ccccc5c5ccccc54)cc23)c([2H])c1[2H]. The number of aromatic nitrogens is 4. The van der Waals surface area contributed by atoms with E-state index in [1.54, 1.807) is 0 Å². The van der Waals surface area contributed by atoms with Crippen molar-refractivity contribution in [1.82, 2.24) is 19.5 Å². The van der Waals surface area contributed by atoms with Crippen molar-refractivity contribution in [2.45, 2.75) is 0 Å². The molecule has 3 heterocycles. The van der Waals surface area contributed by atoms with Crippen LogP contribution in [0, 0.1) is 0 Å². The van der Waals surface area contributed by atoms with E-state index in [2.05, 4.69) is 89.5 Å². The van der Waals surface area contributed by atoms with Crippen LogP contribution in [0.4, 0.5) is 0 Å². The van der Waals surface area contributed by atoms with Crippen molar-refractivity contribution in [3.63, 3.8) is 0 Å². The molecule has 0 bridgehead atoms. The van der Waals surface area contributed by atoms with E-state index in [1.807, 2.05) is 66.7 Å². The van der Waals surface area contributed by atoms with Crippen LogP contribution in [-0.2, 0) is 0 Å². The second kappa shape index (κ2) is 12.3. The second-order valence-corrected chi connectivity index (χ2v) is 14.3. The molecule has 0 aliphatic carbocycles. The van der Waals surface area contributed by atoms with Gasteiger partial charge in [-0.05, 0) is 52.2 Å². The van der Waals surface area contributed by atoms with E-state index >= 15 is 0 Å². The number of benzene rings is 8. The van der Waals surface area contributed by atoms with Crippen molar-refractivity contribution in [2.75, 3.05) is 0 Å². The van der Waals surface area contributed by atoms with Crippen LogP contribution in [-0.4, -0.2) is 19.5 Å². The normalized spacial score (nSPS) is 13.0. The summed E-state index contributed by atoms with van der Waals surface area (Å²) in [6.07, 6.45) is 0. The molecule has 54 heavy (non-hydrogen) atoms. The van der Waals surface area contributed by atoms with Crippen molar-refractivity contribution in [1.29, 1.82) is 0 Å². The second-order valence-electron chi connectivity index (χ2n) is 13.3. The minimum atomic E-state index is -0.420. The number of hydrogen-bond acceptors (Lipinski definition) is 4. The molecule has 0 fully saturated rings. The molecule has 0 spiro atoms. The highest BCUT2D eigenvalue weighted by molar-refractivity contribution is 7.26. The van der Waals surface area contributed by atoms with Crippen LogP contribution in [0.5, 0.6) is 0 Å². The highest BCUT2D eigenvalue weighted by atomic mass is 32.1. The smallest absolute Gasteiger partial charge is 0.165 e. The van der Waals surface area contributed by atoms with Crippen molar-refractivity contribution in [2.24, 2.45) is 0 Å². The molecule has 0 aliphatic heterocycles. The molecular weight excluding hydrogens is 677 g/mol. The Morgan fingerprint density at radius 1 is 0.426 bits per heavy atom. The van der Waals surface area contributed by atoms with Crippen molar-refractivity contribution < 1.29 is 6.85 Å². The van der Waals surface area contributed by atoms with Crippen LogP contribution >= 0.6 is 11.3 Å². The predicted molar refractivity (Wildman–Crippen MR) is 226 cm³/mol. The van der Waals surface area contributed by atoms with Gasteiger partial charge in [0.25, 0.3) is 0 Å². The Labute approximate surface area is 322 Å². The molecule has 0 saturated heterocycles. The Balaban J connectivity index is 1.26. The first-order valence-corrected chi connectivity index (χ1v) is 18.5. The van der Waals surface area contributed by atoms with Crippen molar-refractivity contribution in [3.05, 3.63) is 182 Å². The zero-order valence-electron chi connectivity index (χ0n) is 33.6. The molecule has 11 rings (SSSR count). The van der Waals surface area contributed by atoms with Crippen molar-refractivity contribution >= 4 is 64.1 Å². The van der Waals surface area contributed by atoms with Gasteiger partial charge in [0.2, 0.25) is 0 Å². The van der Waals surface area contributed by atoms with E-state index in [-0.39, 0.29) is 29.7 Å². The van der Waals surface area contributed by atoms with E-state index in [0.717, 1.165) is 75.1 Å². The maximum Gasteiger partial charge on any atom is 0.165 e. The standard InChI is InChI=1S/C49H30N4S/c1-3-15-32(16-4-1)37-22-13-23-40-41-29-36(53-43-24-11-9-20-38(43)39-21-10-12-25-44(39)53)30-42(46(41)54-45(37)40)49-51-47(33-17-5-2-6-18-33)50-48(52-49)35-27-26-31-14-7-8-19-34(31)28-35/h1-30H/i1D,3D,4D,15D,16D. The predicted octanol–water partition coefficient (Wildman–Crippen LogP) is 13.2. The number of para-hydroxylation sites is 2. The van der Waals surface area contributed by atoms with Gasteiger partial charge in [0.15, 0.2) is 17.5 Å². The molecule has 0 saturated carbocycles. The molecule has 8 aromatic carbocycles. The highest BCUT2D eigenvalue weighted by Crippen LogP contribution is 2.45. The summed E-state index contributed by atoms with van der Waals surface area (Å²) in [6, 6.07) is 49.7. The van der Waals surface area contributed by atoms with E-state index in [0.29, 0.717) is 23.0 Å². The van der Waals surface area contributed by atoms with Gasteiger partial charge < -0.3 is 4.57 Å². The molecular formula is C49H30N4S. The van der Waals surface area contributed by atoms with Crippen LogP contribution in [0.3, 0.4) is 0 Å². The molecule has 0 aliphatic rings. The fourth-order valence-corrected chi connectivity index (χ4v) is 8.94. The quantitative estimate of drug-likeness (QED) is 0.178. The molecule has 0 amide bonds. The molecule has 11 aromatic rings. The number of thiophene rings is 1. The van der Waals surface area contributed by atoms with Gasteiger partial charge in [-0.15, -0.1) is 11.3 Å². The van der Waals surface area contributed by atoms with Crippen LogP contribution in [0.2, 0.25) is 0 Å². The average molecular weight is 712 g/mol. The monoisotopic (exact) mass is 711 g/mol. The summed E-state index contributed by atoms with van der Waals surface area (Å²) in [5.74, 6) is 1.57. The zero-order valence-corrected chi connectivity index (χ0v) is 29.4. The average Bonchev–Trinajstić information content (AvgIpc) is 3.84. The number of fused-ring (bicyclic) bond motifs is 7. The van der Waals surface area contributed by atoms with Gasteiger partial charge >= 0.3 is 0 Å². The van der Waals surface area contributed by atoms with E-state index in [9.17, 15) is 0 Å². The summed E-state index contributed by atoms with van der Waals surface area (Å²) in [6.45, 7) is 0. The Kier molecular flexibility index (Phi) is 5.92. The molecule has 252 valence electrons. The van der Waals surface area contributed by atoms with E-state index < -0.39 is 6.04 Å². The third-order valence-electron chi connectivity index (χ3n) is 10.1. The van der Waals surface area contributed by atoms with Crippen LogP contribution in [0.1, 0.15) is 6.85 Å². The first kappa shape index (κ1) is 25.9. The van der Waals surface area contributed by atoms with Crippen molar-refractivity contribution in [3.8, 4) is 51.0 Å². The lowest BCUT2D eigenvalue weighted by Crippen LogP contribution is -2.01. The summed E-state index contributed by atoms with van der Waals surface area (Å²) >= 11 is 1.51. The van der Waals surface area contributed by atoms with Gasteiger partial charge in [-0.25, -0.2) is 15.0 Å². The summed E-state index contributed by atoms with van der Waals surface area (Å²) in [7, 11) is 0. The minimum absolute atomic E-state index is 0.169. The lowest BCUT2D eigenvalue weighted by molar-refractivity contribution is 1.08. The molecule has 5 heteroatoms. The molecule has 0 radical (unpaired) electrons. The fourth-order valence-electron chi connectivity index (χ4n) is 7.63. The van der Waals surface area contributed by atoms with E-state index in [4.69, 9.17) is 21.8 Å². The first-order valence-electron chi connectivity index (χ1n) is 20.2. The van der Waals surface area contributed by atoms with Gasteiger partial charge in [-0.2, -0.15) is 0 Å². The molecule has 0 unspecified atom stereocenters. The molecule has 0 N–H and O–H groups in total. The van der Waals surface area contributed by atoms with Crippen LogP contribution in [0.15, 0.2) is 182 Å². The third kappa shape index (κ3) is 4.94. The number of hydrogen-bond donors (Lipinski definition) is 0. The summed E-state index contributed by atoms with van der Waals surface area (Å²) in [5.41, 5.74) is 6.25. The first-order chi connectivity index (χ1) is 28.8. The summed E-state index contributed by atoms with van der Waals surface area (Å²) < 4.78 is 47.0. The topological polar surface area (TPSA) is 43.6 Å². The molecule has 0 atom stereocenters. The Bertz CT molecular complexity index is 3440. The minimum Gasteiger partial charge on any atom is -0.309 e.